The Morgan fingerprint density at radius 2 is 1.92 bits per heavy atom. The first-order valence-corrected chi connectivity index (χ1v) is 7.42. The highest BCUT2D eigenvalue weighted by Crippen LogP contribution is 2.18. The third-order valence-electron chi connectivity index (χ3n) is 3.43. The van der Waals surface area contributed by atoms with Crippen molar-refractivity contribution in [1.82, 2.24) is 15.3 Å². The highest BCUT2D eigenvalue weighted by atomic mass is 16.5. The van der Waals surface area contributed by atoms with Gasteiger partial charge in [0.15, 0.2) is 6.61 Å². The lowest BCUT2D eigenvalue weighted by molar-refractivity contribution is -0.139. The maximum Gasteiger partial charge on any atom is 0.341 e. The van der Waals surface area contributed by atoms with E-state index in [-0.39, 0.29) is 11.9 Å². The van der Waals surface area contributed by atoms with Gasteiger partial charge in [-0.05, 0) is 38.5 Å². The summed E-state index contributed by atoms with van der Waals surface area (Å²) in [5.74, 6) is -0.196. The zero-order valence-corrected chi connectivity index (χ0v) is 13.7. The number of carbonyl (C=O) groups is 2. The molecule has 0 fully saturated rings. The van der Waals surface area contributed by atoms with Crippen molar-refractivity contribution >= 4 is 11.9 Å². The number of nitrogens with zero attached hydrogens (tertiary/aromatic N) is 2. The van der Waals surface area contributed by atoms with Gasteiger partial charge in [0.05, 0.1) is 17.3 Å². The Kier molecular flexibility index (Phi) is 5.47. The third-order valence-corrected chi connectivity index (χ3v) is 3.43. The molecule has 2 rings (SSSR count). The van der Waals surface area contributed by atoms with Gasteiger partial charge in [-0.25, -0.2) is 14.8 Å². The number of rotatable bonds is 6. The number of nitrogens with one attached hydrogen (secondary N) is 1. The van der Waals surface area contributed by atoms with Crippen molar-refractivity contribution in [2.24, 2.45) is 0 Å². The molecule has 0 radical (unpaired) electrons. The number of hydrogen-bond acceptors (Lipinski definition) is 5. The minimum absolute atomic E-state index is 0.230. The summed E-state index contributed by atoms with van der Waals surface area (Å²) in [5.41, 5.74) is 1.94. The molecule has 2 N–H and O–H groups in total. The van der Waals surface area contributed by atoms with Crippen LogP contribution in [0.4, 0.5) is 0 Å². The molecule has 0 saturated heterocycles. The standard InChI is InChI=1S/C17H19N3O4/c1-10(13-4-6-14(7-5-13)24-9-16(21)22)20-17(23)15-8-18-12(3)19-11(15)2/h4-8,10H,9H2,1-3H3,(H,20,23)(H,21,22)/t10-/m1/s1. The number of aromatic nitrogens is 2. The van der Waals surface area contributed by atoms with Crippen LogP contribution < -0.4 is 10.1 Å². The molecule has 1 heterocycles. The van der Waals surface area contributed by atoms with Crippen molar-refractivity contribution < 1.29 is 19.4 Å². The fourth-order valence-electron chi connectivity index (χ4n) is 2.16. The second-order valence-corrected chi connectivity index (χ2v) is 5.36. The van der Waals surface area contributed by atoms with Gasteiger partial charge in [0.25, 0.3) is 5.91 Å². The van der Waals surface area contributed by atoms with E-state index in [0.29, 0.717) is 22.8 Å². The number of hydrogen-bond donors (Lipinski definition) is 2. The number of aryl methyl sites for hydroxylation is 2. The molecule has 0 unspecified atom stereocenters. The molecule has 7 nitrogen and oxygen atoms in total. The maximum atomic E-state index is 12.3. The van der Waals surface area contributed by atoms with E-state index in [4.69, 9.17) is 9.84 Å². The molecule has 1 amide bonds. The molecule has 1 atom stereocenters. The summed E-state index contributed by atoms with van der Waals surface area (Å²) in [6, 6.07) is 6.66. The van der Waals surface area contributed by atoms with Crippen molar-refractivity contribution in [2.75, 3.05) is 6.61 Å². The van der Waals surface area contributed by atoms with Gasteiger partial charge in [-0.3, -0.25) is 4.79 Å². The molecule has 0 spiro atoms. The van der Waals surface area contributed by atoms with Crippen LogP contribution in [0.25, 0.3) is 0 Å². The van der Waals surface area contributed by atoms with Gasteiger partial charge in [0.2, 0.25) is 0 Å². The van der Waals surface area contributed by atoms with Crippen LogP contribution in [-0.2, 0) is 4.79 Å². The summed E-state index contributed by atoms with van der Waals surface area (Å²) >= 11 is 0. The van der Waals surface area contributed by atoms with Crippen LogP contribution in [0.3, 0.4) is 0 Å². The molecule has 2 aromatic rings. The Hall–Kier alpha value is -2.96. The van der Waals surface area contributed by atoms with E-state index < -0.39 is 12.6 Å². The van der Waals surface area contributed by atoms with Gasteiger partial charge in [-0.1, -0.05) is 12.1 Å². The zero-order chi connectivity index (χ0) is 17.7. The van der Waals surface area contributed by atoms with E-state index in [1.807, 2.05) is 6.92 Å². The lowest BCUT2D eigenvalue weighted by atomic mass is 10.1. The Morgan fingerprint density at radius 3 is 2.50 bits per heavy atom. The molecule has 1 aromatic heterocycles. The Morgan fingerprint density at radius 1 is 1.25 bits per heavy atom. The molecule has 0 aliphatic carbocycles. The number of amides is 1. The van der Waals surface area contributed by atoms with Gasteiger partial charge >= 0.3 is 5.97 Å². The van der Waals surface area contributed by atoms with Crippen LogP contribution in [-0.4, -0.2) is 33.6 Å². The van der Waals surface area contributed by atoms with E-state index in [1.54, 1.807) is 38.1 Å². The fraction of sp³-hybridized carbons (Fsp3) is 0.294. The first kappa shape index (κ1) is 17.4. The number of carbonyl (C=O) groups excluding carboxylic acids is 1. The Balaban J connectivity index is 2.02. The van der Waals surface area contributed by atoms with E-state index in [0.717, 1.165) is 5.56 Å². The maximum absolute atomic E-state index is 12.3. The summed E-state index contributed by atoms with van der Waals surface area (Å²) in [5, 5.41) is 11.5. The van der Waals surface area contributed by atoms with Crippen molar-refractivity contribution in [2.45, 2.75) is 26.8 Å². The van der Waals surface area contributed by atoms with Crippen LogP contribution in [0.1, 0.15) is 40.4 Å². The monoisotopic (exact) mass is 329 g/mol. The number of carboxylic acids is 1. The first-order valence-electron chi connectivity index (χ1n) is 7.42. The topological polar surface area (TPSA) is 101 Å². The SMILES string of the molecule is Cc1ncc(C(=O)N[C@H](C)c2ccc(OCC(=O)O)cc2)c(C)n1. The second kappa shape index (κ2) is 7.54. The van der Waals surface area contributed by atoms with Crippen LogP contribution in [0.15, 0.2) is 30.5 Å². The molecule has 7 heteroatoms. The number of carboxylic acid groups (broad SMARTS) is 1. The molecule has 126 valence electrons. The van der Waals surface area contributed by atoms with Gasteiger partial charge in [-0.15, -0.1) is 0 Å². The second-order valence-electron chi connectivity index (χ2n) is 5.36. The molecule has 1 aromatic carbocycles. The minimum atomic E-state index is -1.03. The van der Waals surface area contributed by atoms with Gasteiger partial charge < -0.3 is 15.2 Å². The van der Waals surface area contributed by atoms with Crippen molar-refractivity contribution in [3.8, 4) is 5.75 Å². The summed E-state index contributed by atoms with van der Waals surface area (Å²) < 4.78 is 5.08. The van der Waals surface area contributed by atoms with E-state index in [9.17, 15) is 9.59 Å². The van der Waals surface area contributed by atoms with Crippen molar-refractivity contribution in [3.05, 3.63) is 53.1 Å². The lowest BCUT2D eigenvalue weighted by Gasteiger charge is -2.15. The average Bonchev–Trinajstić information content (AvgIpc) is 2.53. The van der Waals surface area contributed by atoms with Gasteiger partial charge in [0.1, 0.15) is 11.6 Å². The molecular weight excluding hydrogens is 310 g/mol. The predicted molar refractivity (Wildman–Crippen MR) is 87.0 cm³/mol. The Labute approximate surface area is 139 Å². The van der Waals surface area contributed by atoms with Crippen LogP contribution in [0.2, 0.25) is 0 Å². The van der Waals surface area contributed by atoms with Crippen molar-refractivity contribution in [1.29, 1.82) is 0 Å². The average molecular weight is 329 g/mol. The smallest absolute Gasteiger partial charge is 0.341 e. The fourth-order valence-corrected chi connectivity index (χ4v) is 2.16. The number of aliphatic carboxylic acids is 1. The summed E-state index contributed by atoms with van der Waals surface area (Å²) in [6.45, 7) is 5.00. The van der Waals surface area contributed by atoms with Crippen LogP contribution >= 0.6 is 0 Å². The van der Waals surface area contributed by atoms with Gasteiger partial charge in [0, 0.05) is 6.20 Å². The van der Waals surface area contributed by atoms with E-state index in [1.165, 1.54) is 6.20 Å². The van der Waals surface area contributed by atoms with Gasteiger partial charge in [-0.2, -0.15) is 0 Å². The molecule has 0 aliphatic rings. The summed E-state index contributed by atoms with van der Waals surface area (Å²) in [6.07, 6.45) is 1.52. The molecule has 0 aliphatic heterocycles. The molecular formula is C17H19N3O4. The minimum Gasteiger partial charge on any atom is -0.482 e. The largest absolute Gasteiger partial charge is 0.482 e. The quantitative estimate of drug-likeness (QED) is 0.841. The molecule has 0 bridgehead atoms. The summed E-state index contributed by atoms with van der Waals surface area (Å²) in [4.78, 5) is 31.0. The first-order chi connectivity index (χ1) is 11.4. The van der Waals surface area contributed by atoms with Crippen molar-refractivity contribution in [3.63, 3.8) is 0 Å². The van der Waals surface area contributed by atoms with Crippen LogP contribution in [0.5, 0.6) is 5.75 Å². The van der Waals surface area contributed by atoms with E-state index in [2.05, 4.69) is 15.3 Å². The highest BCUT2D eigenvalue weighted by Gasteiger charge is 2.15. The van der Waals surface area contributed by atoms with E-state index >= 15 is 0 Å². The molecule has 24 heavy (non-hydrogen) atoms. The highest BCUT2D eigenvalue weighted by molar-refractivity contribution is 5.95. The lowest BCUT2D eigenvalue weighted by Crippen LogP contribution is -2.27. The zero-order valence-electron chi connectivity index (χ0n) is 13.7. The number of benzene rings is 1. The Bertz CT molecular complexity index is 744. The normalized spacial score (nSPS) is 11.6. The number of ether oxygens (including phenoxy) is 1. The molecule has 0 saturated carbocycles. The third kappa shape index (κ3) is 4.52. The summed E-state index contributed by atoms with van der Waals surface area (Å²) in [7, 11) is 0. The predicted octanol–water partition coefficient (Wildman–Crippen LogP) is 2.05. The van der Waals surface area contributed by atoms with Crippen LogP contribution in [0, 0.1) is 13.8 Å².